The van der Waals surface area contributed by atoms with Gasteiger partial charge in [-0.2, -0.15) is 0 Å². The zero-order valence-corrected chi connectivity index (χ0v) is 9.75. The predicted octanol–water partition coefficient (Wildman–Crippen LogP) is 1.03. The molecule has 0 atom stereocenters. The van der Waals surface area contributed by atoms with Gasteiger partial charge in [-0.15, -0.1) is 0 Å². The first-order valence-corrected chi connectivity index (χ1v) is 6.56. The Labute approximate surface area is 98.7 Å². The monoisotopic (exact) mass is 253 g/mol. The summed E-state index contributed by atoms with van der Waals surface area (Å²) in [6, 6.07) is 4.48. The summed E-state index contributed by atoms with van der Waals surface area (Å²) < 4.78 is 23.6. The van der Waals surface area contributed by atoms with Crippen molar-refractivity contribution < 1.29 is 18.3 Å². The van der Waals surface area contributed by atoms with Gasteiger partial charge < -0.3 is 10.4 Å². The van der Waals surface area contributed by atoms with E-state index in [0.29, 0.717) is 16.9 Å². The lowest BCUT2D eigenvalue weighted by Crippen LogP contribution is -2.21. The van der Waals surface area contributed by atoms with Crippen LogP contribution in [0, 0.1) is 0 Å². The largest absolute Gasteiger partial charge is 0.481 e. The van der Waals surface area contributed by atoms with E-state index in [2.05, 4.69) is 11.9 Å². The van der Waals surface area contributed by atoms with Gasteiger partial charge in [0.25, 0.3) is 0 Å². The Morgan fingerprint density at radius 1 is 1.47 bits per heavy atom. The van der Waals surface area contributed by atoms with E-state index in [1.165, 1.54) is 18.2 Å². The molecule has 1 aromatic rings. The lowest BCUT2D eigenvalue weighted by molar-refractivity contribution is -0.136. The van der Waals surface area contributed by atoms with E-state index in [1.54, 1.807) is 0 Å². The van der Waals surface area contributed by atoms with Crippen molar-refractivity contribution in [1.82, 2.24) is 0 Å². The van der Waals surface area contributed by atoms with Gasteiger partial charge >= 0.3 is 5.97 Å². The van der Waals surface area contributed by atoms with Crippen LogP contribution in [0.2, 0.25) is 0 Å². The molecule has 90 valence electrons. The number of aliphatic carboxylic acids is 1. The highest BCUT2D eigenvalue weighted by atomic mass is 32.2. The SMILES string of the molecule is C=C1CS(=O)(=O)c2ccc(CC(=O)O)cc2N1. The van der Waals surface area contributed by atoms with Crippen LogP contribution in [-0.4, -0.2) is 25.2 Å². The number of hydrogen-bond donors (Lipinski definition) is 2. The summed E-state index contributed by atoms with van der Waals surface area (Å²) in [5, 5.41) is 11.5. The van der Waals surface area contributed by atoms with Crippen LogP contribution in [0.1, 0.15) is 5.56 Å². The molecule has 2 rings (SSSR count). The van der Waals surface area contributed by atoms with Crippen LogP contribution >= 0.6 is 0 Å². The van der Waals surface area contributed by atoms with Gasteiger partial charge in [0.1, 0.15) is 0 Å². The van der Waals surface area contributed by atoms with E-state index < -0.39 is 15.8 Å². The van der Waals surface area contributed by atoms with Gasteiger partial charge in [0.2, 0.25) is 0 Å². The van der Waals surface area contributed by atoms with Gasteiger partial charge in [0, 0.05) is 5.70 Å². The Hall–Kier alpha value is -1.82. The second-order valence-electron chi connectivity index (χ2n) is 3.89. The summed E-state index contributed by atoms with van der Waals surface area (Å²) in [4.78, 5) is 10.8. The Morgan fingerprint density at radius 3 is 2.82 bits per heavy atom. The second-order valence-corrected chi connectivity index (χ2v) is 5.85. The first-order valence-electron chi connectivity index (χ1n) is 4.91. The van der Waals surface area contributed by atoms with Crippen molar-refractivity contribution in [2.24, 2.45) is 0 Å². The third-order valence-electron chi connectivity index (χ3n) is 2.41. The molecule has 0 unspecified atom stereocenters. The smallest absolute Gasteiger partial charge is 0.307 e. The lowest BCUT2D eigenvalue weighted by atomic mass is 10.1. The Morgan fingerprint density at radius 2 is 2.18 bits per heavy atom. The summed E-state index contributed by atoms with van der Waals surface area (Å²) in [5.74, 6) is -1.08. The molecule has 17 heavy (non-hydrogen) atoms. The number of benzene rings is 1. The highest BCUT2D eigenvalue weighted by Crippen LogP contribution is 2.30. The van der Waals surface area contributed by atoms with Crippen molar-refractivity contribution in [3.8, 4) is 0 Å². The highest BCUT2D eigenvalue weighted by Gasteiger charge is 2.25. The molecule has 0 saturated carbocycles. The number of sulfone groups is 1. The number of hydrogen-bond acceptors (Lipinski definition) is 4. The molecule has 6 heteroatoms. The molecule has 2 N–H and O–H groups in total. The van der Waals surface area contributed by atoms with E-state index >= 15 is 0 Å². The van der Waals surface area contributed by atoms with Gasteiger partial charge in [-0.05, 0) is 17.7 Å². The predicted molar refractivity (Wildman–Crippen MR) is 62.6 cm³/mol. The molecule has 1 aliphatic heterocycles. The summed E-state index contributed by atoms with van der Waals surface area (Å²) >= 11 is 0. The summed E-state index contributed by atoms with van der Waals surface area (Å²) in [7, 11) is -3.35. The van der Waals surface area contributed by atoms with Crippen LogP contribution in [-0.2, 0) is 21.1 Å². The van der Waals surface area contributed by atoms with Crippen molar-refractivity contribution in [3.05, 3.63) is 36.0 Å². The Balaban J connectivity index is 2.49. The molecule has 5 nitrogen and oxygen atoms in total. The highest BCUT2D eigenvalue weighted by molar-refractivity contribution is 7.91. The minimum Gasteiger partial charge on any atom is -0.481 e. The summed E-state index contributed by atoms with van der Waals surface area (Å²) in [6.07, 6.45) is -0.137. The van der Waals surface area contributed by atoms with Crippen LogP contribution in [0.15, 0.2) is 35.4 Å². The maximum absolute atomic E-state index is 11.8. The standard InChI is InChI=1S/C11H11NO4S/c1-7-6-17(15,16)10-3-2-8(5-11(13)14)4-9(10)12-7/h2-4,12H,1,5-6H2,(H,13,14). The molecule has 0 bridgehead atoms. The van der Waals surface area contributed by atoms with Crippen LogP contribution in [0.3, 0.4) is 0 Å². The summed E-state index contributed by atoms with van der Waals surface area (Å²) in [6.45, 7) is 3.59. The van der Waals surface area contributed by atoms with E-state index in [1.807, 2.05) is 0 Å². The number of fused-ring (bicyclic) bond motifs is 1. The molecule has 0 aliphatic carbocycles. The van der Waals surface area contributed by atoms with Gasteiger partial charge in [0.15, 0.2) is 9.84 Å². The molecule has 1 heterocycles. The third-order valence-corrected chi connectivity index (χ3v) is 4.16. The summed E-state index contributed by atoms with van der Waals surface area (Å²) in [5.41, 5.74) is 1.35. The maximum Gasteiger partial charge on any atom is 0.307 e. The zero-order chi connectivity index (χ0) is 12.6. The third kappa shape index (κ3) is 2.31. The fourth-order valence-corrected chi connectivity index (χ4v) is 3.17. The van der Waals surface area contributed by atoms with Crippen molar-refractivity contribution >= 4 is 21.5 Å². The topological polar surface area (TPSA) is 83.5 Å². The van der Waals surface area contributed by atoms with Gasteiger partial charge in [-0.25, -0.2) is 8.42 Å². The van der Waals surface area contributed by atoms with Crippen LogP contribution in [0.4, 0.5) is 5.69 Å². The van der Waals surface area contributed by atoms with Crippen molar-refractivity contribution in [3.63, 3.8) is 0 Å². The fraction of sp³-hybridized carbons (Fsp3) is 0.182. The molecular weight excluding hydrogens is 242 g/mol. The van der Waals surface area contributed by atoms with Crippen molar-refractivity contribution in [2.75, 3.05) is 11.1 Å². The fourth-order valence-electron chi connectivity index (χ4n) is 1.76. The average molecular weight is 253 g/mol. The number of rotatable bonds is 2. The molecule has 1 aliphatic rings. The van der Waals surface area contributed by atoms with E-state index in [4.69, 9.17) is 5.11 Å². The molecule has 1 aromatic carbocycles. The molecule has 0 aromatic heterocycles. The molecule has 0 radical (unpaired) electrons. The van der Waals surface area contributed by atoms with E-state index in [9.17, 15) is 13.2 Å². The van der Waals surface area contributed by atoms with E-state index in [-0.39, 0.29) is 17.1 Å². The average Bonchev–Trinajstić information content (AvgIpc) is 2.13. The second kappa shape index (κ2) is 3.89. The number of carboxylic acids is 1. The number of carbonyl (C=O) groups is 1. The van der Waals surface area contributed by atoms with Gasteiger partial charge in [-0.1, -0.05) is 12.6 Å². The van der Waals surface area contributed by atoms with Crippen molar-refractivity contribution in [1.29, 1.82) is 0 Å². The normalized spacial score (nSPS) is 17.1. The minimum absolute atomic E-state index is 0.127. The van der Waals surface area contributed by atoms with Crippen molar-refractivity contribution in [2.45, 2.75) is 11.3 Å². The minimum atomic E-state index is -3.35. The lowest BCUT2D eigenvalue weighted by Gasteiger charge is -2.20. The van der Waals surface area contributed by atoms with Crippen LogP contribution in [0.5, 0.6) is 0 Å². The number of nitrogens with one attached hydrogen (secondary N) is 1. The van der Waals surface area contributed by atoms with Gasteiger partial charge in [0.05, 0.1) is 22.8 Å². The Bertz CT molecular complexity index is 604. The van der Waals surface area contributed by atoms with Crippen LogP contribution in [0.25, 0.3) is 0 Å². The number of anilines is 1. The first-order chi connectivity index (χ1) is 7.88. The number of carboxylic acid groups (broad SMARTS) is 1. The molecule has 0 amide bonds. The first kappa shape index (κ1) is 11.7. The maximum atomic E-state index is 11.8. The molecule has 0 spiro atoms. The van der Waals surface area contributed by atoms with Crippen LogP contribution < -0.4 is 5.32 Å². The quantitative estimate of drug-likeness (QED) is 0.822. The van der Waals surface area contributed by atoms with Gasteiger partial charge in [-0.3, -0.25) is 4.79 Å². The van der Waals surface area contributed by atoms with E-state index in [0.717, 1.165) is 0 Å². The Kier molecular flexibility index (Phi) is 2.66. The molecular formula is C11H11NO4S. The molecule has 0 fully saturated rings. The zero-order valence-electron chi connectivity index (χ0n) is 8.93. The molecule has 0 saturated heterocycles.